The highest BCUT2D eigenvalue weighted by Gasteiger charge is 2.51. The fraction of sp³-hybridized carbons (Fsp3) is 0.583. The molecule has 2 aliphatic rings. The fourth-order valence-corrected chi connectivity index (χ4v) is 3.11. The highest BCUT2D eigenvalue weighted by molar-refractivity contribution is 6.22. The van der Waals surface area contributed by atoms with Gasteiger partial charge in [0.05, 0.1) is 18.0 Å². The SMILES string of the molecule is Cn1ncc(CN)c1N1C(=O)C2CCCC2C1=O. The van der Waals surface area contributed by atoms with Crippen LogP contribution in [0, 0.1) is 11.8 Å². The Morgan fingerprint density at radius 3 is 2.50 bits per heavy atom. The van der Waals surface area contributed by atoms with E-state index in [-0.39, 0.29) is 30.2 Å². The molecular formula is C12H16N4O2. The Bertz CT molecular complexity index is 500. The van der Waals surface area contributed by atoms with Gasteiger partial charge in [0.1, 0.15) is 5.82 Å². The summed E-state index contributed by atoms with van der Waals surface area (Å²) in [5, 5.41) is 4.09. The van der Waals surface area contributed by atoms with Crippen LogP contribution in [0.3, 0.4) is 0 Å². The van der Waals surface area contributed by atoms with E-state index < -0.39 is 0 Å². The molecular weight excluding hydrogens is 232 g/mol. The molecule has 1 aliphatic heterocycles. The Morgan fingerprint density at radius 2 is 1.94 bits per heavy atom. The molecule has 2 fully saturated rings. The molecule has 6 heteroatoms. The second-order valence-electron chi connectivity index (χ2n) is 4.98. The van der Waals surface area contributed by atoms with Gasteiger partial charge in [0.2, 0.25) is 11.8 Å². The van der Waals surface area contributed by atoms with E-state index in [9.17, 15) is 9.59 Å². The van der Waals surface area contributed by atoms with Crippen molar-refractivity contribution < 1.29 is 9.59 Å². The maximum Gasteiger partial charge on any atom is 0.238 e. The highest BCUT2D eigenvalue weighted by atomic mass is 16.2. The number of aryl methyl sites for hydroxylation is 1. The predicted octanol–water partition coefficient (Wildman–Crippen LogP) is 0.168. The minimum Gasteiger partial charge on any atom is -0.326 e. The van der Waals surface area contributed by atoms with Crippen molar-refractivity contribution in [1.82, 2.24) is 9.78 Å². The first-order chi connectivity index (χ1) is 8.65. The molecule has 2 heterocycles. The number of nitrogens with two attached hydrogens (primary N) is 1. The van der Waals surface area contributed by atoms with Crippen LogP contribution in [-0.2, 0) is 23.2 Å². The molecule has 1 saturated carbocycles. The molecule has 0 radical (unpaired) electrons. The fourth-order valence-electron chi connectivity index (χ4n) is 3.11. The molecule has 96 valence electrons. The molecule has 1 aliphatic carbocycles. The van der Waals surface area contributed by atoms with E-state index in [0.29, 0.717) is 5.82 Å². The number of aromatic nitrogens is 2. The van der Waals surface area contributed by atoms with Gasteiger partial charge in [-0.25, -0.2) is 4.90 Å². The molecule has 1 aromatic rings. The zero-order valence-corrected chi connectivity index (χ0v) is 10.3. The second-order valence-corrected chi connectivity index (χ2v) is 4.98. The minimum atomic E-state index is -0.127. The lowest BCUT2D eigenvalue weighted by molar-refractivity contribution is -0.122. The lowest BCUT2D eigenvalue weighted by Gasteiger charge is -2.17. The van der Waals surface area contributed by atoms with Crippen LogP contribution in [0.25, 0.3) is 0 Å². The van der Waals surface area contributed by atoms with Gasteiger partial charge in [-0.2, -0.15) is 5.10 Å². The van der Waals surface area contributed by atoms with Crippen LogP contribution in [0.4, 0.5) is 5.82 Å². The number of carbonyl (C=O) groups excluding carboxylic acids is 2. The number of nitrogens with zero attached hydrogens (tertiary/aromatic N) is 3. The summed E-state index contributed by atoms with van der Waals surface area (Å²) in [6.07, 6.45) is 4.23. The zero-order valence-electron chi connectivity index (χ0n) is 10.3. The van der Waals surface area contributed by atoms with Gasteiger partial charge in [-0.15, -0.1) is 0 Å². The number of hydrogen-bond acceptors (Lipinski definition) is 4. The van der Waals surface area contributed by atoms with E-state index >= 15 is 0 Å². The molecule has 2 amide bonds. The topological polar surface area (TPSA) is 81.2 Å². The van der Waals surface area contributed by atoms with Crippen molar-refractivity contribution in [2.24, 2.45) is 24.6 Å². The van der Waals surface area contributed by atoms with Crippen LogP contribution in [0.5, 0.6) is 0 Å². The number of hydrogen-bond donors (Lipinski definition) is 1. The number of fused-ring (bicyclic) bond motifs is 1. The Kier molecular flexibility index (Phi) is 2.48. The van der Waals surface area contributed by atoms with Crippen LogP contribution in [0.15, 0.2) is 6.20 Å². The van der Waals surface area contributed by atoms with Crippen LogP contribution >= 0.6 is 0 Å². The summed E-state index contributed by atoms with van der Waals surface area (Å²) in [5.74, 6) is 0.125. The molecule has 1 saturated heterocycles. The van der Waals surface area contributed by atoms with E-state index in [1.807, 2.05) is 0 Å². The zero-order chi connectivity index (χ0) is 12.9. The standard InChI is InChI=1S/C12H16N4O2/c1-15-10(7(5-13)6-14-15)16-11(17)8-3-2-4-9(8)12(16)18/h6,8-9H,2-5,13H2,1H3. The lowest BCUT2D eigenvalue weighted by Crippen LogP contribution is -2.34. The largest absolute Gasteiger partial charge is 0.326 e. The Morgan fingerprint density at radius 1 is 1.33 bits per heavy atom. The first-order valence-electron chi connectivity index (χ1n) is 6.24. The van der Waals surface area contributed by atoms with Gasteiger partial charge in [-0.3, -0.25) is 14.3 Å². The van der Waals surface area contributed by atoms with Gasteiger partial charge < -0.3 is 5.73 Å². The van der Waals surface area contributed by atoms with Crippen LogP contribution in [0.2, 0.25) is 0 Å². The molecule has 0 spiro atoms. The number of rotatable bonds is 2. The van der Waals surface area contributed by atoms with Crippen LogP contribution in [-0.4, -0.2) is 21.6 Å². The third-order valence-electron chi connectivity index (χ3n) is 4.00. The maximum atomic E-state index is 12.3. The first-order valence-corrected chi connectivity index (χ1v) is 6.24. The van der Waals surface area contributed by atoms with E-state index in [2.05, 4.69) is 5.10 Å². The Labute approximate surface area is 105 Å². The third kappa shape index (κ3) is 1.35. The molecule has 0 aromatic carbocycles. The number of anilines is 1. The van der Waals surface area contributed by atoms with Gasteiger partial charge in [0, 0.05) is 19.2 Å². The van der Waals surface area contributed by atoms with Gasteiger partial charge >= 0.3 is 0 Å². The first kappa shape index (κ1) is 11.4. The lowest BCUT2D eigenvalue weighted by atomic mass is 10.00. The van der Waals surface area contributed by atoms with E-state index in [0.717, 1.165) is 24.8 Å². The Hall–Kier alpha value is -1.69. The van der Waals surface area contributed by atoms with E-state index in [1.54, 1.807) is 17.9 Å². The van der Waals surface area contributed by atoms with Crippen molar-refractivity contribution in [3.05, 3.63) is 11.8 Å². The Balaban J connectivity index is 2.04. The molecule has 0 bridgehead atoms. The summed E-state index contributed by atoms with van der Waals surface area (Å²) in [5.41, 5.74) is 6.37. The molecule has 2 unspecified atom stereocenters. The average molecular weight is 248 g/mol. The van der Waals surface area contributed by atoms with E-state index in [1.165, 1.54) is 4.90 Å². The summed E-state index contributed by atoms with van der Waals surface area (Å²) in [7, 11) is 1.73. The van der Waals surface area contributed by atoms with Gasteiger partial charge in [-0.1, -0.05) is 6.42 Å². The van der Waals surface area contributed by atoms with Crippen molar-refractivity contribution >= 4 is 17.6 Å². The molecule has 6 nitrogen and oxygen atoms in total. The van der Waals surface area contributed by atoms with Gasteiger partial charge in [-0.05, 0) is 12.8 Å². The van der Waals surface area contributed by atoms with Crippen molar-refractivity contribution in [1.29, 1.82) is 0 Å². The maximum absolute atomic E-state index is 12.3. The number of amides is 2. The van der Waals surface area contributed by atoms with Gasteiger partial charge in [0.25, 0.3) is 0 Å². The summed E-state index contributed by atoms with van der Waals surface area (Å²) in [6, 6.07) is 0. The van der Waals surface area contributed by atoms with E-state index in [4.69, 9.17) is 5.73 Å². The summed E-state index contributed by atoms with van der Waals surface area (Å²) >= 11 is 0. The van der Waals surface area contributed by atoms with Crippen molar-refractivity contribution in [3.8, 4) is 0 Å². The molecule has 2 atom stereocenters. The molecule has 2 N–H and O–H groups in total. The normalized spacial score (nSPS) is 27.1. The van der Waals surface area contributed by atoms with Crippen molar-refractivity contribution in [3.63, 3.8) is 0 Å². The van der Waals surface area contributed by atoms with Gasteiger partial charge in [0.15, 0.2) is 0 Å². The summed E-state index contributed by atoms with van der Waals surface area (Å²) in [6.45, 7) is 0.273. The summed E-state index contributed by atoms with van der Waals surface area (Å²) < 4.78 is 1.55. The monoisotopic (exact) mass is 248 g/mol. The molecule has 18 heavy (non-hydrogen) atoms. The van der Waals surface area contributed by atoms with Crippen LogP contribution < -0.4 is 10.6 Å². The molecule has 1 aromatic heterocycles. The number of imide groups is 1. The van der Waals surface area contributed by atoms with Crippen molar-refractivity contribution in [2.45, 2.75) is 25.8 Å². The second kappa shape index (κ2) is 3.91. The number of carbonyl (C=O) groups is 2. The quantitative estimate of drug-likeness (QED) is 0.756. The third-order valence-corrected chi connectivity index (χ3v) is 4.00. The van der Waals surface area contributed by atoms with Crippen molar-refractivity contribution in [2.75, 3.05) is 4.90 Å². The highest BCUT2D eigenvalue weighted by Crippen LogP contribution is 2.42. The van der Waals surface area contributed by atoms with Crippen LogP contribution in [0.1, 0.15) is 24.8 Å². The minimum absolute atomic E-state index is 0.0826. The smallest absolute Gasteiger partial charge is 0.238 e. The predicted molar refractivity (Wildman–Crippen MR) is 64.4 cm³/mol. The summed E-state index contributed by atoms with van der Waals surface area (Å²) in [4.78, 5) is 26.0. The molecule has 3 rings (SSSR count). The average Bonchev–Trinajstić information content (AvgIpc) is 3.01.